The number of benzene rings is 2. The van der Waals surface area contributed by atoms with Gasteiger partial charge < -0.3 is 0 Å². The summed E-state index contributed by atoms with van der Waals surface area (Å²) in [6.07, 6.45) is 1.53. The Labute approximate surface area is 140 Å². The highest BCUT2D eigenvalue weighted by Gasteiger charge is 2.13. The zero-order valence-corrected chi connectivity index (χ0v) is 14.5. The minimum Gasteiger partial charge on any atom is -0.247 e. The lowest BCUT2D eigenvalue weighted by Crippen LogP contribution is -2.25. The molecule has 0 aliphatic heterocycles. The van der Waals surface area contributed by atoms with Gasteiger partial charge in [-0.15, -0.1) is 11.3 Å². The summed E-state index contributed by atoms with van der Waals surface area (Å²) in [7, 11) is -3.47. The monoisotopic (exact) mass is 346 g/mol. The van der Waals surface area contributed by atoms with Crippen molar-refractivity contribution in [2.45, 2.75) is 24.7 Å². The van der Waals surface area contributed by atoms with Gasteiger partial charge in [0.2, 0.25) is 10.0 Å². The number of nitrogens with zero attached hydrogens (tertiary/aromatic N) is 1. The standard InChI is InChI=1S/C17H18N2O2S2/c1-13-12-22-17(19-13)7-4-10-18-23(20,21)16-9-8-14-5-2-3-6-15(14)11-16/h2-3,5-6,8-9,11-12,18H,4,7,10H2,1H3. The maximum absolute atomic E-state index is 12.4. The molecule has 0 atom stereocenters. The first kappa shape index (κ1) is 16.1. The Kier molecular flexibility index (Phi) is 4.75. The van der Waals surface area contributed by atoms with Crippen LogP contribution in [0, 0.1) is 6.92 Å². The number of thiazole rings is 1. The van der Waals surface area contributed by atoms with Crippen LogP contribution in [0.3, 0.4) is 0 Å². The highest BCUT2D eigenvalue weighted by Crippen LogP contribution is 2.19. The highest BCUT2D eigenvalue weighted by atomic mass is 32.2. The van der Waals surface area contributed by atoms with E-state index in [1.165, 1.54) is 0 Å². The topological polar surface area (TPSA) is 59.1 Å². The lowest BCUT2D eigenvalue weighted by molar-refractivity contribution is 0.579. The van der Waals surface area contributed by atoms with Crippen molar-refractivity contribution in [3.63, 3.8) is 0 Å². The van der Waals surface area contributed by atoms with E-state index in [-0.39, 0.29) is 0 Å². The average Bonchev–Trinajstić information content (AvgIpc) is 2.96. The normalized spacial score (nSPS) is 11.9. The van der Waals surface area contributed by atoms with E-state index >= 15 is 0 Å². The molecule has 0 saturated heterocycles. The first-order valence-electron chi connectivity index (χ1n) is 7.44. The summed E-state index contributed by atoms with van der Waals surface area (Å²) in [6.45, 7) is 2.37. The molecule has 0 radical (unpaired) electrons. The van der Waals surface area contributed by atoms with Gasteiger partial charge in [0.1, 0.15) is 0 Å². The van der Waals surface area contributed by atoms with Gasteiger partial charge in [0.15, 0.2) is 0 Å². The number of sulfonamides is 1. The van der Waals surface area contributed by atoms with Crippen LogP contribution in [0.15, 0.2) is 52.7 Å². The van der Waals surface area contributed by atoms with Crippen molar-refractivity contribution >= 4 is 32.1 Å². The molecule has 23 heavy (non-hydrogen) atoms. The molecule has 0 saturated carbocycles. The van der Waals surface area contributed by atoms with Crippen LogP contribution in [-0.2, 0) is 16.4 Å². The molecule has 2 aromatic carbocycles. The summed E-state index contributed by atoms with van der Waals surface area (Å²) in [6, 6.07) is 12.9. The minimum atomic E-state index is -3.47. The van der Waals surface area contributed by atoms with Crippen molar-refractivity contribution in [1.29, 1.82) is 0 Å². The summed E-state index contributed by atoms with van der Waals surface area (Å²) >= 11 is 1.62. The zero-order valence-electron chi connectivity index (χ0n) is 12.8. The number of hydrogen-bond acceptors (Lipinski definition) is 4. The third-order valence-corrected chi connectivity index (χ3v) is 6.04. The van der Waals surface area contributed by atoms with Gasteiger partial charge in [0.05, 0.1) is 9.90 Å². The predicted octanol–water partition coefficient (Wildman–Crippen LogP) is 3.52. The molecule has 0 fully saturated rings. The number of hydrogen-bond donors (Lipinski definition) is 1. The van der Waals surface area contributed by atoms with Crippen LogP contribution < -0.4 is 4.72 Å². The predicted molar refractivity (Wildman–Crippen MR) is 94.3 cm³/mol. The van der Waals surface area contributed by atoms with Crippen LogP contribution in [0.5, 0.6) is 0 Å². The average molecular weight is 346 g/mol. The molecule has 0 amide bonds. The first-order chi connectivity index (χ1) is 11.0. The van der Waals surface area contributed by atoms with Crippen LogP contribution in [0.25, 0.3) is 10.8 Å². The largest absolute Gasteiger partial charge is 0.247 e. The molecule has 3 aromatic rings. The minimum absolute atomic E-state index is 0.307. The molecule has 0 unspecified atom stereocenters. The molecule has 0 bridgehead atoms. The molecule has 3 rings (SSSR count). The molecule has 0 aliphatic rings. The fourth-order valence-electron chi connectivity index (χ4n) is 2.38. The second kappa shape index (κ2) is 6.78. The van der Waals surface area contributed by atoms with Gasteiger partial charge in [-0.05, 0) is 36.2 Å². The molecule has 1 N–H and O–H groups in total. The SMILES string of the molecule is Cc1csc(CCCNS(=O)(=O)c2ccc3ccccc3c2)n1. The van der Waals surface area contributed by atoms with Crippen LogP contribution in [-0.4, -0.2) is 19.9 Å². The zero-order chi connectivity index (χ0) is 16.3. The van der Waals surface area contributed by atoms with Crippen LogP contribution in [0.1, 0.15) is 17.1 Å². The maximum Gasteiger partial charge on any atom is 0.240 e. The summed E-state index contributed by atoms with van der Waals surface area (Å²) in [5, 5.41) is 5.01. The van der Waals surface area contributed by atoms with Crippen molar-refractivity contribution in [2.75, 3.05) is 6.54 Å². The van der Waals surface area contributed by atoms with E-state index in [4.69, 9.17) is 0 Å². The number of aryl methyl sites for hydroxylation is 2. The third kappa shape index (κ3) is 3.96. The van der Waals surface area contributed by atoms with E-state index in [1.807, 2.05) is 42.6 Å². The van der Waals surface area contributed by atoms with E-state index < -0.39 is 10.0 Å². The van der Waals surface area contributed by atoms with Gasteiger partial charge in [0, 0.05) is 24.0 Å². The Balaban J connectivity index is 1.63. The fourth-order valence-corrected chi connectivity index (χ4v) is 4.31. The molecular weight excluding hydrogens is 328 g/mol. The highest BCUT2D eigenvalue weighted by molar-refractivity contribution is 7.89. The lowest BCUT2D eigenvalue weighted by Gasteiger charge is -2.07. The van der Waals surface area contributed by atoms with Gasteiger partial charge in [-0.2, -0.15) is 0 Å². The third-order valence-electron chi connectivity index (χ3n) is 3.56. The summed E-state index contributed by atoms with van der Waals surface area (Å²) in [5.74, 6) is 0. The molecule has 0 aliphatic carbocycles. The van der Waals surface area contributed by atoms with Crippen molar-refractivity contribution in [3.8, 4) is 0 Å². The van der Waals surface area contributed by atoms with Crippen LogP contribution in [0.4, 0.5) is 0 Å². The van der Waals surface area contributed by atoms with Gasteiger partial charge in [0.25, 0.3) is 0 Å². The maximum atomic E-state index is 12.4. The molecule has 1 heterocycles. The Morgan fingerprint density at radius 3 is 2.65 bits per heavy atom. The quantitative estimate of drug-likeness (QED) is 0.695. The molecule has 4 nitrogen and oxygen atoms in total. The van der Waals surface area contributed by atoms with E-state index in [2.05, 4.69) is 9.71 Å². The summed E-state index contributed by atoms with van der Waals surface area (Å²) in [4.78, 5) is 4.69. The summed E-state index contributed by atoms with van der Waals surface area (Å²) < 4.78 is 27.4. The lowest BCUT2D eigenvalue weighted by atomic mass is 10.1. The molecule has 0 spiro atoms. The number of aromatic nitrogens is 1. The van der Waals surface area contributed by atoms with Crippen LogP contribution >= 0.6 is 11.3 Å². The second-order valence-electron chi connectivity index (χ2n) is 5.39. The van der Waals surface area contributed by atoms with E-state index in [9.17, 15) is 8.42 Å². The van der Waals surface area contributed by atoms with E-state index in [1.54, 1.807) is 23.5 Å². The van der Waals surface area contributed by atoms with E-state index in [0.717, 1.165) is 34.3 Å². The number of rotatable bonds is 6. The number of nitrogens with one attached hydrogen (secondary N) is 1. The Morgan fingerprint density at radius 2 is 1.91 bits per heavy atom. The summed E-state index contributed by atoms with van der Waals surface area (Å²) in [5.41, 5.74) is 1.02. The van der Waals surface area contributed by atoms with Gasteiger partial charge >= 0.3 is 0 Å². The first-order valence-corrected chi connectivity index (χ1v) is 9.80. The Bertz CT molecular complexity index is 917. The van der Waals surface area contributed by atoms with Gasteiger partial charge in [-0.3, -0.25) is 0 Å². The Morgan fingerprint density at radius 1 is 1.13 bits per heavy atom. The smallest absolute Gasteiger partial charge is 0.240 e. The molecule has 1 aromatic heterocycles. The molecular formula is C17H18N2O2S2. The van der Waals surface area contributed by atoms with Gasteiger partial charge in [-0.25, -0.2) is 18.1 Å². The van der Waals surface area contributed by atoms with Crippen molar-refractivity contribution < 1.29 is 8.42 Å². The molecule has 6 heteroatoms. The van der Waals surface area contributed by atoms with Crippen molar-refractivity contribution in [2.24, 2.45) is 0 Å². The Hall–Kier alpha value is -1.76. The molecule has 120 valence electrons. The fraction of sp³-hybridized carbons (Fsp3) is 0.235. The van der Waals surface area contributed by atoms with Crippen LogP contribution in [0.2, 0.25) is 0 Å². The van der Waals surface area contributed by atoms with Gasteiger partial charge in [-0.1, -0.05) is 30.3 Å². The second-order valence-corrected chi connectivity index (χ2v) is 8.10. The van der Waals surface area contributed by atoms with Crippen molar-refractivity contribution in [1.82, 2.24) is 9.71 Å². The number of fused-ring (bicyclic) bond motifs is 1. The van der Waals surface area contributed by atoms with Crippen molar-refractivity contribution in [3.05, 3.63) is 58.5 Å². The van der Waals surface area contributed by atoms with E-state index in [0.29, 0.717) is 11.4 Å².